The van der Waals surface area contributed by atoms with E-state index in [0.29, 0.717) is 11.1 Å². The van der Waals surface area contributed by atoms with Crippen LogP contribution >= 0.6 is 11.3 Å². The third-order valence-corrected chi connectivity index (χ3v) is 5.95. The number of fused-ring (bicyclic) bond motifs is 1. The van der Waals surface area contributed by atoms with Crippen molar-refractivity contribution in [3.05, 3.63) is 39.3 Å². The maximum absolute atomic E-state index is 12.8. The highest BCUT2D eigenvalue weighted by Gasteiger charge is 2.27. The number of aromatic nitrogens is 3. The number of ether oxygens (including phenoxy) is 2. The van der Waals surface area contributed by atoms with E-state index in [1.165, 1.54) is 4.68 Å². The van der Waals surface area contributed by atoms with E-state index in [9.17, 15) is 14.4 Å². The van der Waals surface area contributed by atoms with Crippen molar-refractivity contribution >= 4 is 45.2 Å². The molecule has 1 N–H and O–H groups in total. The van der Waals surface area contributed by atoms with Crippen LogP contribution in [0.5, 0.6) is 0 Å². The zero-order valence-corrected chi connectivity index (χ0v) is 18.9. The van der Waals surface area contributed by atoms with Crippen LogP contribution in [0.4, 0.5) is 5.00 Å². The Morgan fingerprint density at radius 3 is 2.35 bits per heavy atom. The Bertz CT molecular complexity index is 1160. The molecule has 0 saturated heterocycles. The molecule has 2 heterocycles. The Morgan fingerprint density at radius 1 is 1.03 bits per heavy atom. The molecule has 0 radical (unpaired) electrons. The minimum Gasteiger partial charge on any atom is -0.462 e. The summed E-state index contributed by atoms with van der Waals surface area (Å²) in [4.78, 5) is 37.7. The van der Waals surface area contributed by atoms with Crippen molar-refractivity contribution in [2.75, 3.05) is 18.5 Å². The monoisotopic (exact) mass is 444 g/mol. The molecule has 164 valence electrons. The Balaban J connectivity index is 1.89. The summed E-state index contributed by atoms with van der Waals surface area (Å²) >= 11 is 0.985. The van der Waals surface area contributed by atoms with Crippen LogP contribution < -0.4 is 5.32 Å². The topological polar surface area (TPSA) is 112 Å². The zero-order chi connectivity index (χ0) is 22.7. The van der Waals surface area contributed by atoms with E-state index in [-0.39, 0.29) is 35.2 Å². The minimum absolute atomic E-state index is 0.104. The van der Waals surface area contributed by atoms with Crippen molar-refractivity contribution < 1.29 is 23.9 Å². The van der Waals surface area contributed by atoms with Gasteiger partial charge in [-0.1, -0.05) is 5.21 Å². The van der Waals surface area contributed by atoms with Gasteiger partial charge in [-0.15, -0.1) is 16.4 Å². The predicted octanol–water partition coefficient (Wildman–Crippen LogP) is 3.41. The summed E-state index contributed by atoms with van der Waals surface area (Å²) in [6.45, 7) is 9.23. The molecule has 2 aromatic heterocycles. The molecule has 1 amide bonds. The average Bonchev–Trinajstić information content (AvgIpc) is 3.23. The maximum Gasteiger partial charge on any atom is 0.348 e. The first-order valence-corrected chi connectivity index (χ1v) is 10.7. The fourth-order valence-electron chi connectivity index (χ4n) is 3.08. The number of esters is 2. The third-order valence-electron chi connectivity index (χ3n) is 4.76. The molecular weight excluding hydrogens is 420 g/mol. The Hall–Kier alpha value is -3.27. The number of aryl methyl sites for hydroxylation is 2. The van der Waals surface area contributed by atoms with Crippen LogP contribution in [0.15, 0.2) is 12.1 Å². The predicted molar refractivity (Wildman–Crippen MR) is 117 cm³/mol. The van der Waals surface area contributed by atoms with Crippen LogP contribution in [0, 0.1) is 20.8 Å². The molecule has 0 fully saturated rings. The lowest BCUT2D eigenvalue weighted by atomic mass is 10.1. The number of carbonyl (C=O) groups is 3. The smallest absolute Gasteiger partial charge is 0.348 e. The van der Waals surface area contributed by atoms with Gasteiger partial charge in [0.2, 0.25) is 5.91 Å². The number of thiophene rings is 1. The van der Waals surface area contributed by atoms with Crippen LogP contribution in [0.3, 0.4) is 0 Å². The lowest BCUT2D eigenvalue weighted by Crippen LogP contribution is -2.20. The number of carbonyl (C=O) groups excluding carboxylic acids is 3. The molecule has 1 aromatic carbocycles. The second-order valence-electron chi connectivity index (χ2n) is 6.92. The summed E-state index contributed by atoms with van der Waals surface area (Å²) in [5.74, 6) is -1.57. The fraction of sp³-hybridized carbons (Fsp3) is 0.381. The van der Waals surface area contributed by atoms with Gasteiger partial charge in [0.15, 0.2) is 0 Å². The van der Waals surface area contributed by atoms with Gasteiger partial charge in [-0.25, -0.2) is 14.3 Å². The number of amides is 1. The lowest BCUT2D eigenvalue weighted by molar-refractivity contribution is -0.116. The molecular formula is C21H24N4O5S. The molecule has 0 unspecified atom stereocenters. The zero-order valence-electron chi connectivity index (χ0n) is 18.1. The van der Waals surface area contributed by atoms with Gasteiger partial charge in [-0.3, -0.25) is 4.79 Å². The molecule has 10 heteroatoms. The number of anilines is 1. The number of hydrogen-bond acceptors (Lipinski definition) is 8. The van der Waals surface area contributed by atoms with Crippen LogP contribution in [-0.2, 0) is 20.8 Å². The maximum atomic E-state index is 12.8. The van der Waals surface area contributed by atoms with Gasteiger partial charge in [-0.05, 0) is 63.4 Å². The van der Waals surface area contributed by atoms with Crippen molar-refractivity contribution in [2.45, 2.75) is 41.2 Å². The standard InChI is InChI=1S/C21H24N4O5S/c1-6-29-20(27)17-13(5)18(21(28)30-7-2)31-19(17)22-16(26)10-25-15-9-12(4)11(3)8-14(15)23-24-25/h8-9H,6-7,10H2,1-5H3,(H,22,26). The Morgan fingerprint density at radius 2 is 1.68 bits per heavy atom. The largest absolute Gasteiger partial charge is 0.462 e. The molecule has 0 bridgehead atoms. The lowest BCUT2D eigenvalue weighted by Gasteiger charge is -2.08. The number of nitrogens with one attached hydrogen (secondary N) is 1. The van der Waals surface area contributed by atoms with E-state index in [2.05, 4.69) is 15.6 Å². The highest BCUT2D eigenvalue weighted by Crippen LogP contribution is 2.34. The summed E-state index contributed by atoms with van der Waals surface area (Å²) in [6, 6.07) is 3.84. The number of nitrogens with zero attached hydrogens (tertiary/aromatic N) is 3. The quantitative estimate of drug-likeness (QED) is 0.556. The number of hydrogen-bond donors (Lipinski definition) is 1. The molecule has 0 aliphatic rings. The first-order chi connectivity index (χ1) is 14.8. The summed E-state index contributed by atoms with van der Waals surface area (Å²) in [6.07, 6.45) is 0. The molecule has 31 heavy (non-hydrogen) atoms. The minimum atomic E-state index is -0.612. The molecule has 0 aliphatic carbocycles. The molecule has 0 aliphatic heterocycles. The van der Waals surface area contributed by atoms with Crippen LogP contribution in [0.1, 0.15) is 50.6 Å². The molecule has 3 rings (SSSR count). The molecule has 9 nitrogen and oxygen atoms in total. The van der Waals surface area contributed by atoms with E-state index in [4.69, 9.17) is 9.47 Å². The Labute approximate surface area is 183 Å². The highest BCUT2D eigenvalue weighted by atomic mass is 32.1. The van der Waals surface area contributed by atoms with Crippen LogP contribution in [0.25, 0.3) is 11.0 Å². The molecule has 0 atom stereocenters. The van der Waals surface area contributed by atoms with E-state index in [0.717, 1.165) is 28.0 Å². The van der Waals surface area contributed by atoms with Crippen molar-refractivity contribution in [2.24, 2.45) is 0 Å². The van der Waals surface area contributed by atoms with E-state index < -0.39 is 17.8 Å². The second kappa shape index (κ2) is 9.25. The first-order valence-electron chi connectivity index (χ1n) is 9.84. The van der Waals surface area contributed by atoms with Crippen molar-refractivity contribution in [1.29, 1.82) is 0 Å². The van der Waals surface area contributed by atoms with Crippen molar-refractivity contribution in [3.63, 3.8) is 0 Å². The summed E-state index contributed by atoms with van der Waals surface area (Å²) in [5, 5.41) is 11.1. The second-order valence-corrected chi connectivity index (χ2v) is 7.94. The van der Waals surface area contributed by atoms with E-state index >= 15 is 0 Å². The van der Waals surface area contributed by atoms with Gasteiger partial charge in [0.1, 0.15) is 21.9 Å². The number of rotatable bonds is 7. The van der Waals surface area contributed by atoms with Gasteiger partial charge < -0.3 is 14.8 Å². The van der Waals surface area contributed by atoms with E-state index in [1.807, 2.05) is 26.0 Å². The SMILES string of the molecule is CCOC(=O)c1sc(NC(=O)Cn2nnc3cc(C)c(C)cc32)c(C(=O)OCC)c1C. The normalized spacial score (nSPS) is 10.9. The highest BCUT2D eigenvalue weighted by molar-refractivity contribution is 7.18. The van der Waals surface area contributed by atoms with E-state index in [1.54, 1.807) is 20.8 Å². The molecule has 3 aromatic rings. The van der Waals surface area contributed by atoms with Gasteiger partial charge >= 0.3 is 11.9 Å². The van der Waals surface area contributed by atoms with Gasteiger partial charge in [0, 0.05) is 0 Å². The average molecular weight is 445 g/mol. The molecule has 0 saturated carbocycles. The summed E-state index contributed by atoms with van der Waals surface area (Å²) in [5.41, 5.74) is 4.14. The number of benzene rings is 1. The third kappa shape index (κ3) is 4.58. The van der Waals surface area contributed by atoms with Gasteiger partial charge in [0.25, 0.3) is 0 Å². The van der Waals surface area contributed by atoms with Gasteiger partial charge in [-0.2, -0.15) is 0 Å². The first kappa shape index (κ1) is 22.4. The summed E-state index contributed by atoms with van der Waals surface area (Å²) < 4.78 is 11.7. The fourth-order valence-corrected chi connectivity index (χ4v) is 4.19. The van der Waals surface area contributed by atoms with Gasteiger partial charge in [0.05, 0.1) is 24.3 Å². The van der Waals surface area contributed by atoms with Crippen LogP contribution in [-0.4, -0.2) is 46.1 Å². The van der Waals surface area contributed by atoms with Crippen molar-refractivity contribution in [3.8, 4) is 0 Å². The van der Waals surface area contributed by atoms with Crippen molar-refractivity contribution in [1.82, 2.24) is 15.0 Å². The van der Waals surface area contributed by atoms with Crippen LogP contribution in [0.2, 0.25) is 0 Å². The Kier molecular flexibility index (Phi) is 6.69. The summed E-state index contributed by atoms with van der Waals surface area (Å²) in [7, 11) is 0. The molecule has 0 spiro atoms.